The molecule has 17 heavy (non-hydrogen) atoms. The van der Waals surface area contributed by atoms with E-state index in [1.54, 1.807) is 23.8 Å². The molecule has 0 aromatic rings. The van der Waals surface area contributed by atoms with E-state index in [-0.39, 0.29) is 24.5 Å². The van der Waals surface area contributed by atoms with Gasteiger partial charge in [0.05, 0.1) is 12.5 Å². The molecule has 0 spiro atoms. The van der Waals surface area contributed by atoms with Crippen LogP contribution in [0.4, 0.5) is 0 Å². The van der Waals surface area contributed by atoms with E-state index in [2.05, 4.69) is 0 Å². The molecule has 1 aliphatic heterocycles. The molecule has 6 heteroatoms. The number of carboxylic acids is 1. The lowest BCUT2D eigenvalue weighted by molar-refractivity contribution is -0.139. The van der Waals surface area contributed by atoms with E-state index in [0.29, 0.717) is 19.4 Å². The number of thioether (sulfide) groups is 1. The molecule has 0 aliphatic carbocycles. The van der Waals surface area contributed by atoms with E-state index >= 15 is 0 Å². The summed E-state index contributed by atoms with van der Waals surface area (Å²) in [7, 11) is 1.60. The van der Waals surface area contributed by atoms with Crippen molar-refractivity contribution in [3.8, 4) is 0 Å². The van der Waals surface area contributed by atoms with Crippen molar-refractivity contribution in [2.24, 2.45) is 0 Å². The van der Waals surface area contributed by atoms with Crippen LogP contribution in [-0.2, 0) is 14.3 Å². The van der Waals surface area contributed by atoms with Gasteiger partial charge in [-0.3, -0.25) is 9.59 Å². The zero-order valence-corrected chi connectivity index (χ0v) is 11.0. The maximum Gasteiger partial charge on any atom is 0.305 e. The van der Waals surface area contributed by atoms with Crippen LogP contribution in [0.5, 0.6) is 0 Å². The Balaban J connectivity index is 2.59. The molecule has 1 aliphatic rings. The fraction of sp³-hybridized carbons (Fsp3) is 0.818. The molecule has 2 unspecified atom stereocenters. The minimum atomic E-state index is -0.866. The van der Waals surface area contributed by atoms with Crippen LogP contribution in [0.25, 0.3) is 0 Å². The summed E-state index contributed by atoms with van der Waals surface area (Å²) in [6.45, 7) is 0.516. The van der Waals surface area contributed by atoms with Gasteiger partial charge in [-0.05, 0) is 12.7 Å². The van der Waals surface area contributed by atoms with Crippen molar-refractivity contribution in [1.82, 2.24) is 4.90 Å². The Morgan fingerprint density at radius 3 is 2.76 bits per heavy atom. The van der Waals surface area contributed by atoms with Gasteiger partial charge in [-0.2, -0.15) is 11.8 Å². The van der Waals surface area contributed by atoms with Crippen LogP contribution in [0.3, 0.4) is 0 Å². The lowest BCUT2D eigenvalue weighted by Gasteiger charge is -2.23. The average Bonchev–Trinajstić information content (AvgIpc) is 2.68. The van der Waals surface area contributed by atoms with E-state index in [4.69, 9.17) is 9.84 Å². The Bertz CT molecular complexity index is 285. The standard InChI is InChI=1S/C11H19NO4S/c1-16-9-5-8(6-11(14)15)12(7-9)10(13)3-4-17-2/h8-9H,3-7H2,1-2H3,(H,14,15). The first-order chi connectivity index (χ1) is 8.08. The maximum atomic E-state index is 11.9. The summed E-state index contributed by atoms with van der Waals surface area (Å²) >= 11 is 1.62. The summed E-state index contributed by atoms with van der Waals surface area (Å²) in [5.41, 5.74) is 0. The molecule has 0 aromatic heterocycles. The zero-order chi connectivity index (χ0) is 12.8. The van der Waals surface area contributed by atoms with Gasteiger partial charge in [-0.1, -0.05) is 0 Å². The van der Waals surface area contributed by atoms with E-state index in [1.807, 2.05) is 6.26 Å². The SMILES string of the molecule is COC1CC(CC(=O)O)N(C(=O)CCSC)C1. The maximum absolute atomic E-state index is 11.9. The quantitative estimate of drug-likeness (QED) is 0.767. The van der Waals surface area contributed by atoms with Crippen molar-refractivity contribution in [2.75, 3.05) is 25.7 Å². The number of ether oxygens (including phenoxy) is 1. The number of carbonyl (C=O) groups is 2. The number of hydrogen-bond donors (Lipinski definition) is 1. The third kappa shape index (κ3) is 4.20. The molecule has 1 heterocycles. The third-order valence-corrected chi connectivity index (χ3v) is 3.57. The largest absolute Gasteiger partial charge is 0.481 e. The van der Waals surface area contributed by atoms with Crippen molar-refractivity contribution in [3.63, 3.8) is 0 Å². The summed E-state index contributed by atoms with van der Waals surface area (Å²) in [5, 5.41) is 8.83. The lowest BCUT2D eigenvalue weighted by atomic mass is 10.1. The molecule has 98 valence electrons. The van der Waals surface area contributed by atoms with Crippen molar-refractivity contribution >= 4 is 23.6 Å². The highest BCUT2D eigenvalue weighted by Crippen LogP contribution is 2.23. The van der Waals surface area contributed by atoms with Crippen molar-refractivity contribution in [1.29, 1.82) is 0 Å². The Hall–Kier alpha value is -0.750. The first kappa shape index (κ1) is 14.3. The normalized spacial score (nSPS) is 24.0. The second-order valence-electron chi connectivity index (χ2n) is 4.13. The summed E-state index contributed by atoms with van der Waals surface area (Å²) in [4.78, 5) is 24.3. The van der Waals surface area contributed by atoms with Crippen molar-refractivity contribution in [2.45, 2.75) is 31.4 Å². The van der Waals surface area contributed by atoms with Gasteiger partial charge in [0, 0.05) is 31.9 Å². The summed E-state index contributed by atoms with van der Waals surface area (Å²) < 4.78 is 5.22. The second kappa shape index (κ2) is 6.86. The van der Waals surface area contributed by atoms with Crippen LogP contribution in [0, 0.1) is 0 Å². The van der Waals surface area contributed by atoms with Gasteiger partial charge in [0.25, 0.3) is 0 Å². The lowest BCUT2D eigenvalue weighted by Crippen LogP contribution is -2.37. The summed E-state index contributed by atoms with van der Waals surface area (Å²) in [6.07, 6.45) is 3.01. The number of amides is 1. The van der Waals surface area contributed by atoms with Gasteiger partial charge in [0.2, 0.25) is 5.91 Å². The molecule has 2 atom stereocenters. The first-order valence-corrected chi connectivity index (χ1v) is 7.00. The zero-order valence-electron chi connectivity index (χ0n) is 10.2. The monoisotopic (exact) mass is 261 g/mol. The molecule has 1 saturated heterocycles. The van der Waals surface area contributed by atoms with Gasteiger partial charge >= 0.3 is 5.97 Å². The number of carbonyl (C=O) groups excluding carboxylic acids is 1. The smallest absolute Gasteiger partial charge is 0.305 e. The minimum absolute atomic E-state index is 0.00483. The number of hydrogen-bond acceptors (Lipinski definition) is 4. The second-order valence-corrected chi connectivity index (χ2v) is 5.12. The highest BCUT2D eigenvalue weighted by atomic mass is 32.2. The molecule has 0 saturated carbocycles. The predicted molar refractivity (Wildman–Crippen MR) is 66.2 cm³/mol. The number of rotatable bonds is 6. The molecule has 5 nitrogen and oxygen atoms in total. The number of likely N-dealkylation sites (tertiary alicyclic amines) is 1. The number of aliphatic carboxylic acids is 1. The number of carboxylic acid groups (broad SMARTS) is 1. The Morgan fingerprint density at radius 1 is 1.53 bits per heavy atom. The van der Waals surface area contributed by atoms with E-state index in [0.717, 1.165) is 5.75 Å². The number of methoxy groups -OCH3 is 1. The fourth-order valence-electron chi connectivity index (χ4n) is 2.08. The topological polar surface area (TPSA) is 66.8 Å². The summed E-state index contributed by atoms with van der Waals surface area (Å²) in [6, 6.07) is -0.216. The molecule has 0 aromatic carbocycles. The van der Waals surface area contributed by atoms with E-state index < -0.39 is 5.97 Å². The Kier molecular flexibility index (Phi) is 5.77. The van der Waals surface area contributed by atoms with Crippen LogP contribution in [-0.4, -0.2) is 59.7 Å². The minimum Gasteiger partial charge on any atom is -0.481 e. The van der Waals surface area contributed by atoms with Crippen LogP contribution in [0.1, 0.15) is 19.3 Å². The Labute approximate surface area is 105 Å². The van der Waals surface area contributed by atoms with Gasteiger partial charge in [0.15, 0.2) is 0 Å². The predicted octanol–water partition coefficient (Wildman–Crippen LogP) is 0.830. The van der Waals surface area contributed by atoms with E-state index in [9.17, 15) is 9.59 Å². The highest BCUT2D eigenvalue weighted by Gasteiger charge is 2.35. The Morgan fingerprint density at radius 2 is 2.24 bits per heavy atom. The van der Waals surface area contributed by atoms with Crippen LogP contribution in [0.2, 0.25) is 0 Å². The molecular formula is C11H19NO4S. The molecule has 1 fully saturated rings. The number of nitrogens with zero attached hydrogens (tertiary/aromatic N) is 1. The third-order valence-electron chi connectivity index (χ3n) is 2.96. The molecule has 1 rings (SSSR count). The van der Waals surface area contributed by atoms with Gasteiger partial charge in [0.1, 0.15) is 0 Å². The molecule has 1 amide bonds. The van der Waals surface area contributed by atoms with Crippen molar-refractivity contribution in [3.05, 3.63) is 0 Å². The van der Waals surface area contributed by atoms with Crippen LogP contribution < -0.4 is 0 Å². The molecule has 1 N–H and O–H groups in total. The fourth-order valence-corrected chi connectivity index (χ4v) is 2.46. The molecular weight excluding hydrogens is 242 g/mol. The first-order valence-electron chi connectivity index (χ1n) is 5.61. The van der Waals surface area contributed by atoms with Crippen LogP contribution in [0.15, 0.2) is 0 Å². The molecule has 0 bridgehead atoms. The average molecular weight is 261 g/mol. The molecule has 0 radical (unpaired) electrons. The van der Waals surface area contributed by atoms with Gasteiger partial charge < -0.3 is 14.7 Å². The van der Waals surface area contributed by atoms with Gasteiger partial charge in [-0.25, -0.2) is 0 Å². The van der Waals surface area contributed by atoms with E-state index in [1.165, 1.54) is 0 Å². The van der Waals surface area contributed by atoms with Gasteiger partial charge in [-0.15, -0.1) is 0 Å². The highest BCUT2D eigenvalue weighted by molar-refractivity contribution is 7.98. The van der Waals surface area contributed by atoms with Crippen LogP contribution >= 0.6 is 11.8 Å². The van der Waals surface area contributed by atoms with Crippen molar-refractivity contribution < 1.29 is 19.4 Å². The summed E-state index contributed by atoms with van der Waals surface area (Å²) in [5.74, 6) is -0.0631.